The minimum atomic E-state index is -0.934. The second-order valence-corrected chi connectivity index (χ2v) is 6.79. The smallest absolute Gasteiger partial charge is 0.338 e. The molecule has 0 fully saturated rings. The highest BCUT2D eigenvalue weighted by molar-refractivity contribution is 5.98. The number of amides is 1. The fourth-order valence-corrected chi connectivity index (χ4v) is 2.69. The number of anilines is 1. The normalized spacial score (nSPS) is 11.8. The molecule has 0 aliphatic carbocycles. The van der Waals surface area contributed by atoms with Crippen LogP contribution in [0.25, 0.3) is 0 Å². The molecule has 2 aromatic rings. The highest BCUT2D eigenvalue weighted by Gasteiger charge is 2.21. The van der Waals surface area contributed by atoms with Gasteiger partial charge < -0.3 is 14.8 Å². The molecule has 152 valence electrons. The zero-order valence-electron chi connectivity index (χ0n) is 17.2. The Labute approximate surface area is 166 Å². The molecule has 0 aliphatic rings. The van der Waals surface area contributed by atoms with Crippen molar-refractivity contribution in [2.75, 3.05) is 11.9 Å². The van der Waals surface area contributed by atoms with Crippen LogP contribution in [-0.4, -0.2) is 34.4 Å². The van der Waals surface area contributed by atoms with Crippen LogP contribution in [-0.2, 0) is 16.6 Å². The molecule has 0 saturated carbocycles. The van der Waals surface area contributed by atoms with E-state index in [1.54, 1.807) is 42.9 Å². The molecular weight excluding hydrogens is 358 g/mol. The largest absolute Gasteiger partial charge is 0.494 e. The summed E-state index contributed by atoms with van der Waals surface area (Å²) in [4.78, 5) is 24.7. The first-order chi connectivity index (χ1) is 13.3. The van der Waals surface area contributed by atoms with Gasteiger partial charge in [-0.05, 0) is 51.5 Å². The number of nitrogens with zero attached hydrogens (tertiary/aromatic N) is 2. The lowest BCUT2D eigenvalue weighted by Gasteiger charge is -2.14. The van der Waals surface area contributed by atoms with Gasteiger partial charge >= 0.3 is 5.97 Å². The Morgan fingerprint density at radius 1 is 1.18 bits per heavy atom. The Hall–Kier alpha value is -2.83. The summed E-state index contributed by atoms with van der Waals surface area (Å²) in [6.45, 7) is 8.01. The highest BCUT2D eigenvalue weighted by atomic mass is 16.5. The first kappa shape index (κ1) is 21.5. The second kappa shape index (κ2) is 9.92. The molecular formula is C21H29N3O4. The fraction of sp³-hybridized carbons (Fsp3) is 0.476. The monoisotopic (exact) mass is 387 g/mol. The summed E-state index contributed by atoms with van der Waals surface area (Å²) < 4.78 is 12.6. The van der Waals surface area contributed by atoms with Crippen molar-refractivity contribution in [2.24, 2.45) is 7.05 Å². The molecule has 1 aromatic carbocycles. The van der Waals surface area contributed by atoms with E-state index in [1.165, 1.54) is 0 Å². The Morgan fingerprint density at radius 2 is 1.86 bits per heavy atom. The van der Waals surface area contributed by atoms with Crippen molar-refractivity contribution >= 4 is 17.6 Å². The van der Waals surface area contributed by atoms with Crippen LogP contribution in [0, 0.1) is 13.8 Å². The molecule has 1 heterocycles. The van der Waals surface area contributed by atoms with Crippen LogP contribution in [0.3, 0.4) is 0 Å². The molecule has 0 radical (unpaired) electrons. The maximum absolute atomic E-state index is 12.4. The Bertz CT molecular complexity index is 812. The summed E-state index contributed by atoms with van der Waals surface area (Å²) in [7, 11) is 1.80. The molecule has 1 amide bonds. The van der Waals surface area contributed by atoms with E-state index < -0.39 is 18.0 Å². The van der Waals surface area contributed by atoms with Crippen molar-refractivity contribution in [3.8, 4) is 5.75 Å². The van der Waals surface area contributed by atoms with Gasteiger partial charge in [0.1, 0.15) is 5.75 Å². The first-order valence-electron chi connectivity index (χ1n) is 9.58. The van der Waals surface area contributed by atoms with Gasteiger partial charge in [0.05, 0.1) is 29.2 Å². The predicted molar refractivity (Wildman–Crippen MR) is 108 cm³/mol. The quantitative estimate of drug-likeness (QED) is 0.523. The van der Waals surface area contributed by atoms with Gasteiger partial charge in [-0.15, -0.1) is 0 Å². The van der Waals surface area contributed by atoms with Crippen LogP contribution < -0.4 is 10.1 Å². The molecule has 0 spiro atoms. The number of aromatic nitrogens is 2. The van der Waals surface area contributed by atoms with Gasteiger partial charge in [0.15, 0.2) is 6.10 Å². The molecule has 0 saturated heterocycles. The summed E-state index contributed by atoms with van der Waals surface area (Å²) in [5.74, 6) is -0.246. The Kier molecular flexibility index (Phi) is 7.61. The van der Waals surface area contributed by atoms with Crippen molar-refractivity contribution in [3.05, 3.63) is 41.2 Å². The van der Waals surface area contributed by atoms with Crippen molar-refractivity contribution in [1.82, 2.24) is 9.78 Å². The van der Waals surface area contributed by atoms with E-state index in [9.17, 15) is 9.59 Å². The average Bonchev–Trinajstić information content (AvgIpc) is 2.91. The topological polar surface area (TPSA) is 82.4 Å². The van der Waals surface area contributed by atoms with Crippen LogP contribution in [0.2, 0.25) is 0 Å². The number of ether oxygens (including phenoxy) is 2. The third kappa shape index (κ3) is 5.58. The molecule has 0 aliphatic heterocycles. The predicted octanol–water partition coefficient (Wildman–Crippen LogP) is 3.79. The summed E-state index contributed by atoms with van der Waals surface area (Å²) >= 11 is 0. The Balaban J connectivity index is 1.89. The van der Waals surface area contributed by atoms with Gasteiger partial charge in [0, 0.05) is 7.05 Å². The number of aryl methyl sites for hydroxylation is 2. The first-order valence-corrected chi connectivity index (χ1v) is 9.58. The maximum atomic E-state index is 12.4. The van der Waals surface area contributed by atoms with Gasteiger partial charge in [-0.3, -0.25) is 9.48 Å². The van der Waals surface area contributed by atoms with Crippen molar-refractivity contribution < 1.29 is 19.1 Å². The lowest BCUT2D eigenvalue weighted by atomic mass is 10.2. The second-order valence-electron chi connectivity index (χ2n) is 6.79. The highest BCUT2D eigenvalue weighted by Crippen LogP contribution is 2.19. The van der Waals surface area contributed by atoms with Crippen LogP contribution in [0.5, 0.6) is 5.75 Å². The number of nitrogens with one attached hydrogen (secondary N) is 1. The number of hydrogen-bond donors (Lipinski definition) is 1. The van der Waals surface area contributed by atoms with Crippen LogP contribution >= 0.6 is 0 Å². The van der Waals surface area contributed by atoms with E-state index in [4.69, 9.17) is 9.47 Å². The van der Waals surface area contributed by atoms with Crippen molar-refractivity contribution in [2.45, 2.75) is 53.1 Å². The molecule has 1 atom stereocenters. The van der Waals surface area contributed by atoms with Crippen LogP contribution in [0.4, 0.5) is 5.69 Å². The SMILES string of the molecule is CCCCCOc1ccc(C(=O)O[C@@H](C)C(=O)Nc2c(C)nn(C)c2C)cc1. The van der Waals surface area contributed by atoms with Crippen LogP contribution in [0.1, 0.15) is 54.9 Å². The number of unbranched alkanes of at least 4 members (excludes halogenated alkanes) is 2. The van der Waals surface area contributed by atoms with E-state index in [2.05, 4.69) is 17.3 Å². The number of benzene rings is 1. The summed E-state index contributed by atoms with van der Waals surface area (Å²) in [6, 6.07) is 6.74. The standard InChI is InChI=1S/C21H29N3O4/c1-6-7-8-13-27-18-11-9-17(10-12-18)21(26)28-16(4)20(25)22-19-14(2)23-24(5)15(19)3/h9-12,16H,6-8,13H2,1-5H3,(H,22,25)/t16-/m0/s1. The number of esters is 1. The number of hydrogen-bond acceptors (Lipinski definition) is 5. The van der Waals surface area contributed by atoms with E-state index in [-0.39, 0.29) is 0 Å². The number of carbonyl (C=O) groups is 2. The van der Waals surface area contributed by atoms with E-state index >= 15 is 0 Å². The minimum Gasteiger partial charge on any atom is -0.494 e. The van der Waals surface area contributed by atoms with Gasteiger partial charge in [-0.2, -0.15) is 5.10 Å². The summed E-state index contributed by atoms with van der Waals surface area (Å²) in [5, 5.41) is 7.03. The molecule has 0 unspecified atom stereocenters. The number of rotatable bonds is 9. The van der Waals surface area contributed by atoms with Gasteiger partial charge in [-0.1, -0.05) is 19.8 Å². The summed E-state index contributed by atoms with van der Waals surface area (Å²) in [6.07, 6.45) is 2.34. The third-order valence-corrected chi connectivity index (χ3v) is 4.52. The maximum Gasteiger partial charge on any atom is 0.338 e. The van der Waals surface area contributed by atoms with Crippen molar-refractivity contribution in [3.63, 3.8) is 0 Å². The minimum absolute atomic E-state index is 0.370. The Morgan fingerprint density at radius 3 is 2.43 bits per heavy atom. The molecule has 1 aromatic heterocycles. The third-order valence-electron chi connectivity index (χ3n) is 4.52. The van der Waals surface area contributed by atoms with Gasteiger partial charge in [0.25, 0.3) is 5.91 Å². The molecule has 7 nitrogen and oxygen atoms in total. The lowest BCUT2D eigenvalue weighted by molar-refractivity contribution is -0.123. The van der Waals surface area contributed by atoms with Crippen molar-refractivity contribution in [1.29, 1.82) is 0 Å². The molecule has 0 bridgehead atoms. The zero-order valence-corrected chi connectivity index (χ0v) is 17.2. The summed E-state index contributed by atoms with van der Waals surface area (Å²) in [5.41, 5.74) is 2.55. The molecule has 28 heavy (non-hydrogen) atoms. The van der Waals surface area contributed by atoms with E-state index in [1.807, 2.05) is 13.8 Å². The zero-order chi connectivity index (χ0) is 20.7. The molecule has 2 rings (SSSR count). The fourth-order valence-electron chi connectivity index (χ4n) is 2.69. The number of carbonyl (C=O) groups excluding carboxylic acids is 2. The van der Waals surface area contributed by atoms with Crippen LogP contribution in [0.15, 0.2) is 24.3 Å². The van der Waals surface area contributed by atoms with Gasteiger partial charge in [0.2, 0.25) is 0 Å². The average molecular weight is 387 g/mol. The lowest BCUT2D eigenvalue weighted by Crippen LogP contribution is -2.30. The molecule has 7 heteroatoms. The van der Waals surface area contributed by atoms with E-state index in [0.29, 0.717) is 29.3 Å². The van der Waals surface area contributed by atoms with E-state index in [0.717, 1.165) is 25.0 Å². The molecule has 1 N–H and O–H groups in total. The van der Waals surface area contributed by atoms with Gasteiger partial charge in [-0.25, -0.2) is 4.79 Å².